The van der Waals surface area contributed by atoms with Crippen LogP contribution in [0.15, 0.2) is 0 Å². The van der Waals surface area contributed by atoms with Crippen LogP contribution in [0, 0.1) is 17.3 Å². The molecule has 2 nitrogen and oxygen atoms in total. The Hall–Kier alpha value is -0.530. The Morgan fingerprint density at radius 1 is 1.38 bits per heavy atom. The van der Waals surface area contributed by atoms with Crippen LogP contribution in [-0.2, 0) is 4.79 Å². The number of rotatable bonds is 3. The zero-order valence-corrected chi connectivity index (χ0v) is 8.76. The van der Waals surface area contributed by atoms with E-state index in [0.29, 0.717) is 29.2 Å². The van der Waals surface area contributed by atoms with Gasteiger partial charge in [0.25, 0.3) is 0 Å². The molecule has 2 rings (SSSR count). The van der Waals surface area contributed by atoms with Crippen molar-refractivity contribution < 1.29 is 4.79 Å². The third kappa shape index (κ3) is 1.59. The molecule has 2 aliphatic carbocycles. The fraction of sp³-hybridized carbons (Fsp3) is 0.909. The molecule has 1 unspecified atom stereocenters. The quantitative estimate of drug-likeness (QED) is 0.708. The summed E-state index contributed by atoms with van der Waals surface area (Å²) in [6, 6.07) is 0.323. The molecule has 0 aromatic carbocycles. The van der Waals surface area contributed by atoms with E-state index in [-0.39, 0.29) is 0 Å². The molecule has 74 valence electrons. The molecule has 0 bridgehead atoms. The zero-order chi connectivity index (χ0) is 9.64. The first-order valence-electron chi connectivity index (χ1n) is 5.35. The van der Waals surface area contributed by atoms with Crippen molar-refractivity contribution in [1.29, 1.82) is 0 Å². The topological polar surface area (TPSA) is 29.1 Å². The second kappa shape index (κ2) is 2.73. The molecule has 0 saturated heterocycles. The molecule has 2 heteroatoms. The minimum absolute atomic E-state index is 0.304. The Labute approximate surface area is 80.1 Å². The minimum Gasteiger partial charge on any atom is -0.353 e. The maximum atomic E-state index is 11.7. The van der Waals surface area contributed by atoms with E-state index in [9.17, 15) is 4.79 Å². The average molecular weight is 181 g/mol. The largest absolute Gasteiger partial charge is 0.353 e. The van der Waals surface area contributed by atoms with Gasteiger partial charge < -0.3 is 5.32 Å². The SMILES string of the molecule is CC(C)[C@@H](C)NC(=O)C1CC12CC2. The van der Waals surface area contributed by atoms with Gasteiger partial charge in [0, 0.05) is 12.0 Å². The molecule has 2 aliphatic rings. The zero-order valence-electron chi connectivity index (χ0n) is 8.76. The molecule has 2 saturated carbocycles. The van der Waals surface area contributed by atoms with Crippen molar-refractivity contribution in [3.05, 3.63) is 0 Å². The first-order valence-corrected chi connectivity index (χ1v) is 5.35. The van der Waals surface area contributed by atoms with Crippen molar-refractivity contribution in [2.45, 2.75) is 46.1 Å². The second-order valence-electron chi connectivity index (χ2n) is 5.16. The molecule has 0 heterocycles. The van der Waals surface area contributed by atoms with Gasteiger partial charge in [-0.25, -0.2) is 0 Å². The number of hydrogen-bond acceptors (Lipinski definition) is 1. The van der Waals surface area contributed by atoms with Crippen LogP contribution in [-0.4, -0.2) is 11.9 Å². The Morgan fingerprint density at radius 3 is 2.38 bits per heavy atom. The highest BCUT2D eigenvalue weighted by Crippen LogP contribution is 2.70. The van der Waals surface area contributed by atoms with Gasteiger partial charge in [-0.15, -0.1) is 0 Å². The summed E-state index contributed by atoms with van der Waals surface area (Å²) in [5, 5.41) is 3.10. The van der Waals surface area contributed by atoms with Gasteiger partial charge in [0.1, 0.15) is 0 Å². The van der Waals surface area contributed by atoms with Gasteiger partial charge in [-0.1, -0.05) is 13.8 Å². The van der Waals surface area contributed by atoms with E-state index < -0.39 is 0 Å². The number of hydrogen-bond donors (Lipinski definition) is 1. The molecule has 2 atom stereocenters. The predicted molar refractivity (Wildman–Crippen MR) is 52.2 cm³/mol. The lowest BCUT2D eigenvalue weighted by Crippen LogP contribution is -2.37. The summed E-state index contributed by atoms with van der Waals surface area (Å²) in [7, 11) is 0. The van der Waals surface area contributed by atoms with E-state index in [0.717, 1.165) is 6.42 Å². The highest BCUT2D eigenvalue weighted by Gasteiger charge is 2.65. The molecule has 0 radical (unpaired) electrons. The second-order valence-corrected chi connectivity index (χ2v) is 5.16. The van der Waals surface area contributed by atoms with E-state index in [1.807, 2.05) is 0 Å². The Bertz CT molecular complexity index is 230. The normalized spacial score (nSPS) is 30.3. The van der Waals surface area contributed by atoms with Gasteiger partial charge in [0.2, 0.25) is 5.91 Å². The van der Waals surface area contributed by atoms with Gasteiger partial charge >= 0.3 is 0 Å². The standard InChI is InChI=1S/C11H19NO/c1-7(2)8(3)12-10(13)9-6-11(9)4-5-11/h7-9H,4-6H2,1-3H3,(H,12,13)/t8-,9?/m1/s1. The van der Waals surface area contributed by atoms with Crippen LogP contribution >= 0.6 is 0 Å². The summed E-state index contributed by atoms with van der Waals surface area (Å²) in [6.07, 6.45) is 3.74. The first-order chi connectivity index (χ1) is 6.05. The van der Waals surface area contributed by atoms with Crippen molar-refractivity contribution in [2.24, 2.45) is 17.3 Å². The summed E-state index contributed by atoms with van der Waals surface area (Å²) in [5.41, 5.74) is 0.501. The van der Waals surface area contributed by atoms with Gasteiger partial charge in [-0.3, -0.25) is 4.79 Å². The smallest absolute Gasteiger partial charge is 0.223 e. The predicted octanol–water partition coefficient (Wildman–Crippen LogP) is 1.95. The molecule has 0 aromatic heterocycles. The first kappa shape index (κ1) is 9.04. The summed E-state index contributed by atoms with van der Waals surface area (Å²) >= 11 is 0. The molecule has 0 aromatic rings. The van der Waals surface area contributed by atoms with Crippen LogP contribution in [0.2, 0.25) is 0 Å². The van der Waals surface area contributed by atoms with E-state index in [4.69, 9.17) is 0 Å². The molecular weight excluding hydrogens is 162 g/mol. The third-order valence-electron chi connectivity index (χ3n) is 3.77. The molecule has 2 fully saturated rings. The highest BCUT2D eigenvalue weighted by molar-refractivity contribution is 5.83. The van der Waals surface area contributed by atoms with Crippen LogP contribution in [0.1, 0.15) is 40.0 Å². The van der Waals surface area contributed by atoms with Crippen LogP contribution in [0.5, 0.6) is 0 Å². The van der Waals surface area contributed by atoms with E-state index in [1.165, 1.54) is 12.8 Å². The molecule has 1 amide bonds. The molecular formula is C11H19NO. The summed E-state index contributed by atoms with van der Waals surface area (Å²) in [5.74, 6) is 1.21. The van der Waals surface area contributed by atoms with E-state index in [2.05, 4.69) is 26.1 Å². The lowest BCUT2D eigenvalue weighted by molar-refractivity contribution is -0.123. The maximum absolute atomic E-state index is 11.7. The van der Waals surface area contributed by atoms with Crippen LogP contribution in [0.3, 0.4) is 0 Å². The summed E-state index contributed by atoms with van der Waals surface area (Å²) in [4.78, 5) is 11.7. The van der Waals surface area contributed by atoms with Gasteiger partial charge in [-0.05, 0) is 37.5 Å². The lowest BCUT2D eigenvalue weighted by atomic mass is 10.1. The lowest BCUT2D eigenvalue weighted by Gasteiger charge is -2.17. The number of carbonyl (C=O) groups is 1. The monoisotopic (exact) mass is 181 g/mol. The maximum Gasteiger partial charge on any atom is 0.223 e. The Morgan fingerprint density at radius 2 is 2.00 bits per heavy atom. The number of carbonyl (C=O) groups excluding carboxylic acids is 1. The van der Waals surface area contributed by atoms with Gasteiger partial charge in [0.05, 0.1) is 0 Å². The Balaban J connectivity index is 1.79. The van der Waals surface area contributed by atoms with Crippen LogP contribution in [0.4, 0.5) is 0 Å². The van der Waals surface area contributed by atoms with Gasteiger partial charge in [0.15, 0.2) is 0 Å². The van der Waals surface area contributed by atoms with Crippen molar-refractivity contribution in [3.8, 4) is 0 Å². The van der Waals surface area contributed by atoms with Gasteiger partial charge in [-0.2, -0.15) is 0 Å². The van der Waals surface area contributed by atoms with Crippen molar-refractivity contribution >= 4 is 5.91 Å². The van der Waals surface area contributed by atoms with Crippen LogP contribution in [0.25, 0.3) is 0 Å². The van der Waals surface area contributed by atoms with Crippen molar-refractivity contribution in [2.75, 3.05) is 0 Å². The third-order valence-corrected chi connectivity index (χ3v) is 3.77. The molecule has 1 spiro atoms. The average Bonchev–Trinajstić information content (AvgIpc) is 2.92. The van der Waals surface area contributed by atoms with Crippen molar-refractivity contribution in [3.63, 3.8) is 0 Å². The summed E-state index contributed by atoms with van der Waals surface area (Å²) < 4.78 is 0. The number of amides is 1. The fourth-order valence-corrected chi connectivity index (χ4v) is 1.92. The Kier molecular flexibility index (Phi) is 1.90. The van der Waals surface area contributed by atoms with E-state index >= 15 is 0 Å². The fourth-order valence-electron chi connectivity index (χ4n) is 1.92. The molecule has 13 heavy (non-hydrogen) atoms. The number of nitrogens with one attached hydrogen (secondary N) is 1. The molecule has 1 N–H and O–H groups in total. The summed E-state index contributed by atoms with van der Waals surface area (Å²) in [6.45, 7) is 6.37. The highest BCUT2D eigenvalue weighted by atomic mass is 16.2. The van der Waals surface area contributed by atoms with Crippen molar-refractivity contribution in [1.82, 2.24) is 5.32 Å². The molecule has 0 aliphatic heterocycles. The minimum atomic E-state index is 0.304. The van der Waals surface area contributed by atoms with E-state index in [1.54, 1.807) is 0 Å². The van der Waals surface area contributed by atoms with Crippen LogP contribution < -0.4 is 5.32 Å².